The van der Waals surface area contributed by atoms with Crippen LogP contribution in [-0.4, -0.2) is 37.0 Å². The van der Waals surface area contributed by atoms with Crippen LogP contribution in [0.4, 0.5) is 0 Å². The van der Waals surface area contributed by atoms with Gasteiger partial charge in [0.05, 0.1) is 6.33 Å². The molecule has 0 aliphatic rings. The smallest absolute Gasteiger partial charge is 0.336 e. The minimum Gasteiger partial charge on any atom is -0.481 e. The maximum Gasteiger partial charge on any atom is 0.336 e. The quantitative estimate of drug-likeness (QED) is 0.493. The standard InChI is InChI=1S/C3H4N2.C2H5O5P/c1-2-5-3-4-1;3-2(4)1-8(5,6)7/h1-3H,(H,4,5);1H2,(H,3,4)(H2,5,6,7). The summed E-state index contributed by atoms with van der Waals surface area (Å²) in [4.78, 5) is 31.8. The molecule has 74 valence electrons. The summed E-state index contributed by atoms with van der Waals surface area (Å²) in [6.45, 7) is 0. The Labute approximate surface area is 73.6 Å². The van der Waals surface area contributed by atoms with Gasteiger partial charge >= 0.3 is 13.6 Å². The molecular weight excluding hydrogens is 199 g/mol. The van der Waals surface area contributed by atoms with Crippen molar-refractivity contribution in [3.63, 3.8) is 0 Å². The van der Waals surface area contributed by atoms with Gasteiger partial charge in [-0.15, -0.1) is 0 Å². The number of hydrogen-bond acceptors (Lipinski definition) is 3. The first-order valence-electron chi connectivity index (χ1n) is 3.11. The van der Waals surface area contributed by atoms with Gasteiger partial charge in [0.25, 0.3) is 0 Å². The number of carboxylic acid groups (broad SMARTS) is 1. The Kier molecular flexibility index (Phi) is 4.98. The number of nitrogens with zero attached hydrogens (tertiary/aromatic N) is 1. The first-order valence-corrected chi connectivity index (χ1v) is 4.90. The molecule has 0 amide bonds. The third kappa shape index (κ3) is 10.8. The molecule has 0 spiro atoms. The summed E-state index contributed by atoms with van der Waals surface area (Å²) in [7, 11) is -4.32. The average molecular weight is 208 g/mol. The van der Waals surface area contributed by atoms with E-state index >= 15 is 0 Å². The Hall–Kier alpha value is -1.17. The molecule has 1 heterocycles. The van der Waals surface area contributed by atoms with E-state index in [1.54, 1.807) is 18.7 Å². The van der Waals surface area contributed by atoms with Crippen LogP contribution in [0.25, 0.3) is 0 Å². The van der Waals surface area contributed by atoms with Crippen molar-refractivity contribution in [2.45, 2.75) is 0 Å². The molecule has 4 N–H and O–H groups in total. The Morgan fingerprint density at radius 3 is 2.23 bits per heavy atom. The predicted molar refractivity (Wildman–Crippen MR) is 43.1 cm³/mol. The molecule has 0 atom stereocenters. The minimum atomic E-state index is -4.32. The molecule has 0 aliphatic heterocycles. The third-order valence-electron chi connectivity index (χ3n) is 0.747. The highest BCUT2D eigenvalue weighted by molar-refractivity contribution is 7.52. The van der Waals surface area contributed by atoms with Gasteiger partial charge in [-0.2, -0.15) is 0 Å². The summed E-state index contributed by atoms with van der Waals surface area (Å²) in [6.07, 6.45) is 3.99. The average Bonchev–Trinajstić information content (AvgIpc) is 2.33. The number of H-pyrrole nitrogens is 1. The van der Waals surface area contributed by atoms with Gasteiger partial charge in [0.2, 0.25) is 0 Å². The van der Waals surface area contributed by atoms with E-state index in [0.717, 1.165) is 0 Å². The van der Waals surface area contributed by atoms with E-state index in [1.807, 2.05) is 0 Å². The second-order valence-corrected chi connectivity index (χ2v) is 3.62. The maximum atomic E-state index is 9.76. The van der Waals surface area contributed by atoms with Gasteiger partial charge in [-0.1, -0.05) is 0 Å². The molecule has 7 nitrogen and oxygen atoms in total. The molecule has 0 saturated heterocycles. The fourth-order valence-electron chi connectivity index (χ4n) is 0.391. The molecule has 1 aromatic rings. The number of aliphatic carboxylic acids is 1. The molecule has 0 fully saturated rings. The molecule has 1 aromatic heterocycles. The SMILES string of the molecule is O=C(O)CP(=O)(O)O.c1c[nH]cn1. The molecule has 0 aliphatic carbocycles. The van der Waals surface area contributed by atoms with Gasteiger partial charge < -0.3 is 19.9 Å². The van der Waals surface area contributed by atoms with Crippen molar-refractivity contribution in [3.05, 3.63) is 18.7 Å². The van der Waals surface area contributed by atoms with Gasteiger partial charge in [-0.25, -0.2) is 4.98 Å². The number of carbonyl (C=O) groups is 1. The summed E-state index contributed by atoms with van der Waals surface area (Å²) in [6, 6.07) is 0. The number of rotatable bonds is 2. The van der Waals surface area contributed by atoms with Crippen molar-refractivity contribution in [2.75, 3.05) is 6.16 Å². The molecule has 0 aromatic carbocycles. The van der Waals surface area contributed by atoms with Gasteiger partial charge in [0.15, 0.2) is 0 Å². The van der Waals surface area contributed by atoms with Gasteiger partial charge in [-0.3, -0.25) is 9.36 Å². The Morgan fingerprint density at radius 1 is 1.54 bits per heavy atom. The lowest BCUT2D eigenvalue weighted by molar-refractivity contribution is -0.134. The molecule has 8 heteroatoms. The van der Waals surface area contributed by atoms with Crippen LogP contribution in [0.3, 0.4) is 0 Å². The summed E-state index contributed by atoms with van der Waals surface area (Å²) in [5.74, 6) is -1.49. The molecular formula is C5H9N2O5P. The van der Waals surface area contributed by atoms with Crippen LogP contribution in [0.2, 0.25) is 0 Å². The second kappa shape index (κ2) is 5.47. The zero-order valence-corrected chi connectivity index (χ0v) is 7.39. The van der Waals surface area contributed by atoms with Gasteiger partial charge in [0, 0.05) is 12.4 Å². The number of aromatic amines is 1. The lowest BCUT2D eigenvalue weighted by Gasteiger charge is -1.95. The Balaban J connectivity index is 0.000000243. The molecule has 0 unspecified atom stereocenters. The number of nitrogens with one attached hydrogen (secondary N) is 1. The molecule has 0 bridgehead atoms. The van der Waals surface area contributed by atoms with Crippen LogP contribution in [0.5, 0.6) is 0 Å². The maximum absolute atomic E-state index is 9.76. The molecule has 13 heavy (non-hydrogen) atoms. The van der Waals surface area contributed by atoms with E-state index in [-0.39, 0.29) is 0 Å². The summed E-state index contributed by atoms with van der Waals surface area (Å²) in [5.41, 5.74) is 0. The molecule has 0 radical (unpaired) electrons. The van der Waals surface area contributed by atoms with Crippen molar-refractivity contribution < 1.29 is 24.3 Å². The second-order valence-electron chi connectivity index (χ2n) is 1.98. The Morgan fingerprint density at radius 2 is 2.15 bits per heavy atom. The minimum absolute atomic E-state index is 1.09. The molecule has 0 saturated carbocycles. The number of imidazole rings is 1. The van der Waals surface area contributed by atoms with Crippen molar-refractivity contribution in [2.24, 2.45) is 0 Å². The zero-order valence-electron chi connectivity index (χ0n) is 6.49. The summed E-state index contributed by atoms with van der Waals surface area (Å²) in [5, 5.41) is 7.76. The number of carboxylic acids is 1. The largest absolute Gasteiger partial charge is 0.481 e. The van der Waals surface area contributed by atoms with Crippen LogP contribution in [0.1, 0.15) is 0 Å². The number of hydrogen-bond donors (Lipinski definition) is 4. The summed E-state index contributed by atoms with van der Waals surface area (Å²) >= 11 is 0. The fourth-order valence-corrected chi connectivity index (χ4v) is 0.744. The van der Waals surface area contributed by atoms with Crippen LogP contribution in [0, 0.1) is 0 Å². The van der Waals surface area contributed by atoms with Crippen LogP contribution < -0.4 is 0 Å². The first kappa shape index (κ1) is 11.8. The topological polar surface area (TPSA) is 124 Å². The van der Waals surface area contributed by atoms with Crippen molar-refractivity contribution in [1.82, 2.24) is 9.97 Å². The highest BCUT2D eigenvalue weighted by Crippen LogP contribution is 2.33. The lowest BCUT2D eigenvalue weighted by atomic mass is 10.8. The fraction of sp³-hybridized carbons (Fsp3) is 0.200. The van der Waals surface area contributed by atoms with E-state index in [1.165, 1.54) is 0 Å². The van der Waals surface area contributed by atoms with E-state index in [9.17, 15) is 9.36 Å². The van der Waals surface area contributed by atoms with E-state index in [0.29, 0.717) is 0 Å². The highest BCUT2D eigenvalue weighted by Gasteiger charge is 2.17. The molecule has 1 rings (SSSR count). The van der Waals surface area contributed by atoms with E-state index < -0.39 is 19.7 Å². The van der Waals surface area contributed by atoms with Crippen LogP contribution in [0.15, 0.2) is 18.7 Å². The third-order valence-corrected chi connectivity index (χ3v) is 1.43. The summed E-state index contributed by atoms with van der Waals surface area (Å²) < 4.78 is 9.76. The lowest BCUT2D eigenvalue weighted by Crippen LogP contribution is -2.01. The van der Waals surface area contributed by atoms with E-state index in [4.69, 9.17) is 14.9 Å². The number of aromatic nitrogens is 2. The van der Waals surface area contributed by atoms with Crippen LogP contribution >= 0.6 is 7.60 Å². The van der Waals surface area contributed by atoms with Crippen molar-refractivity contribution in [1.29, 1.82) is 0 Å². The van der Waals surface area contributed by atoms with E-state index in [2.05, 4.69) is 9.97 Å². The van der Waals surface area contributed by atoms with Gasteiger partial charge in [-0.05, 0) is 0 Å². The van der Waals surface area contributed by atoms with Crippen LogP contribution in [-0.2, 0) is 9.36 Å². The normalized spacial score (nSPS) is 10.0. The Bertz CT molecular complexity index is 262. The predicted octanol–water partition coefficient (Wildman–Crippen LogP) is -0.342. The van der Waals surface area contributed by atoms with Crippen molar-refractivity contribution >= 4 is 13.6 Å². The monoisotopic (exact) mass is 208 g/mol. The zero-order chi connectivity index (χ0) is 10.3. The first-order chi connectivity index (χ1) is 5.92. The highest BCUT2D eigenvalue weighted by atomic mass is 31.2. The van der Waals surface area contributed by atoms with Gasteiger partial charge in [0.1, 0.15) is 6.16 Å². The van der Waals surface area contributed by atoms with Crippen molar-refractivity contribution in [3.8, 4) is 0 Å².